The van der Waals surface area contributed by atoms with Gasteiger partial charge in [-0.15, -0.1) is 0 Å². The van der Waals surface area contributed by atoms with Crippen molar-refractivity contribution in [2.45, 2.75) is 32.8 Å². The number of amides is 1. The van der Waals surface area contributed by atoms with Crippen LogP contribution in [0.1, 0.15) is 32.0 Å². The fourth-order valence-corrected chi connectivity index (χ4v) is 3.22. The molecule has 4 rings (SSSR count). The van der Waals surface area contributed by atoms with Crippen molar-refractivity contribution >= 4 is 11.8 Å². The van der Waals surface area contributed by atoms with Crippen LogP contribution in [0.3, 0.4) is 0 Å². The first-order valence-corrected chi connectivity index (χ1v) is 10.7. The third-order valence-electron chi connectivity index (χ3n) is 4.69. The average Bonchev–Trinajstić information content (AvgIpc) is 3.21. The lowest BCUT2D eigenvalue weighted by Gasteiger charge is -2.19. The molecule has 0 unspecified atom stereocenters. The predicted octanol–water partition coefficient (Wildman–Crippen LogP) is 3.36. The maximum absolute atomic E-state index is 12.4. The van der Waals surface area contributed by atoms with Crippen molar-refractivity contribution in [2.24, 2.45) is 7.05 Å². The van der Waals surface area contributed by atoms with Crippen molar-refractivity contribution in [3.8, 4) is 17.1 Å². The second-order valence-corrected chi connectivity index (χ2v) is 8.74. The molecule has 0 atom stereocenters. The SMILES string of the molecule is Cn1cc(-n2ccc(=O)c(Cc3cccc(-c4ncc(NC(=O)OC(C)(C)C)cn4)c3)n2)cn1. The lowest BCUT2D eigenvalue weighted by atomic mass is 10.1. The van der Waals surface area contributed by atoms with Gasteiger partial charge in [-0.3, -0.25) is 14.8 Å². The molecule has 0 bridgehead atoms. The van der Waals surface area contributed by atoms with Gasteiger partial charge in [-0.25, -0.2) is 19.4 Å². The largest absolute Gasteiger partial charge is 0.444 e. The van der Waals surface area contributed by atoms with Gasteiger partial charge < -0.3 is 4.74 Å². The van der Waals surface area contributed by atoms with E-state index in [1.54, 1.807) is 42.5 Å². The molecule has 4 aromatic rings. The molecule has 3 aromatic heterocycles. The zero-order valence-corrected chi connectivity index (χ0v) is 19.4. The Morgan fingerprint density at radius 2 is 1.88 bits per heavy atom. The predicted molar refractivity (Wildman–Crippen MR) is 127 cm³/mol. The van der Waals surface area contributed by atoms with E-state index in [0.717, 1.165) is 16.8 Å². The van der Waals surface area contributed by atoms with Crippen LogP contribution in [-0.4, -0.2) is 41.2 Å². The number of carbonyl (C=O) groups is 1. The molecule has 1 N–H and O–H groups in total. The zero-order chi connectivity index (χ0) is 24.3. The Labute approximate surface area is 196 Å². The number of aromatic nitrogens is 6. The summed E-state index contributed by atoms with van der Waals surface area (Å²) in [6.07, 6.45) is 7.94. The molecular formula is C24H25N7O3. The molecule has 0 spiro atoms. The maximum Gasteiger partial charge on any atom is 0.412 e. The number of hydrogen-bond donors (Lipinski definition) is 1. The summed E-state index contributed by atoms with van der Waals surface area (Å²) in [5.74, 6) is 0.491. The normalized spacial score (nSPS) is 11.3. The first kappa shape index (κ1) is 22.8. The van der Waals surface area contributed by atoms with E-state index in [1.165, 1.54) is 18.5 Å². The lowest BCUT2D eigenvalue weighted by Crippen LogP contribution is -2.27. The minimum absolute atomic E-state index is 0.139. The summed E-state index contributed by atoms with van der Waals surface area (Å²) < 4.78 is 8.54. The molecule has 0 fully saturated rings. The summed E-state index contributed by atoms with van der Waals surface area (Å²) in [5.41, 5.74) is 2.56. The smallest absolute Gasteiger partial charge is 0.412 e. The monoisotopic (exact) mass is 459 g/mol. The molecular weight excluding hydrogens is 434 g/mol. The highest BCUT2D eigenvalue weighted by Gasteiger charge is 2.16. The van der Waals surface area contributed by atoms with Gasteiger partial charge in [-0.1, -0.05) is 18.2 Å². The number of ether oxygens (including phenoxy) is 1. The number of nitrogens with zero attached hydrogens (tertiary/aromatic N) is 6. The summed E-state index contributed by atoms with van der Waals surface area (Å²) in [5, 5.41) is 11.2. The molecule has 0 saturated heterocycles. The van der Waals surface area contributed by atoms with Crippen molar-refractivity contribution in [2.75, 3.05) is 5.32 Å². The van der Waals surface area contributed by atoms with Gasteiger partial charge in [0.05, 0.1) is 30.5 Å². The van der Waals surface area contributed by atoms with Crippen LogP contribution in [0.4, 0.5) is 10.5 Å². The van der Waals surface area contributed by atoms with Gasteiger partial charge in [-0.2, -0.15) is 10.2 Å². The maximum atomic E-state index is 12.4. The number of anilines is 1. The molecule has 0 aliphatic rings. The van der Waals surface area contributed by atoms with E-state index in [-0.39, 0.29) is 5.43 Å². The van der Waals surface area contributed by atoms with Crippen molar-refractivity contribution in [1.82, 2.24) is 29.5 Å². The highest BCUT2D eigenvalue weighted by atomic mass is 16.6. The molecule has 174 valence electrons. The van der Waals surface area contributed by atoms with Crippen molar-refractivity contribution < 1.29 is 9.53 Å². The Kier molecular flexibility index (Phi) is 6.22. The Bertz CT molecular complexity index is 1370. The van der Waals surface area contributed by atoms with Crippen LogP contribution in [0.25, 0.3) is 17.1 Å². The summed E-state index contributed by atoms with van der Waals surface area (Å²) in [6, 6.07) is 9.09. The van der Waals surface area contributed by atoms with Crippen LogP contribution in [0.15, 0.2) is 66.1 Å². The van der Waals surface area contributed by atoms with Crippen LogP contribution < -0.4 is 10.7 Å². The number of carbonyl (C=O) groups excluding carboxylic acids is 1. The minimum Gasteiger partial charge on any atom is -0.444 e. The zero-order valence-electron chi connectivity index (χ0n) is 19.4. The van der Waals surface area contributed by atoms with E-state index < -0.39 is 11.7 Å². The summed E-state index contributed by atoms with van der Waals surface area (Å²) in [4.78, 5) is 33.0. The highest BCUT2D eigenvalue weighted by molar-refractivity contribution is 5.84. The number of nitrogens with one attached hydrogen (secondary N) is 1. The highest BCUT2D eigenvalue weighted by Crippen LogP contribution is 2.19. The van der Waals surface area contributed by atoms with E-state index >= 15 is 0 Å². The van der Waals surface area contributed by atoms with Gasteiger partial charge >= 0.3 is 6.09 Å². The lowest BCUT2D eigenvalue weighted by molar-refractivity contribution is 0.0636. The van der Waals surface area contributed by atoms with E-state index in [2.05, 4.69) is 25.5 Å². The van der Waals surface area contributed by atoms with Crippen molar-refractivity contribution in [3.05, 3.63) is 82.8 Å². The minimum atomic E-state index is -0.597. The van der Waals surface area contributed by atoms with Gasteiger partial charge in [0, 0.05) is 31.3 Å². The molecule has 10 nitrogen and oxygen atoms in total. The molecule has 10 heteroatoms. The molecule has 0 aliphatic carbocycles. The fourth-order valence-electron chi connectivity index (χ4n) is 3.22. The van der Waals surface area contributed by atoms with E-state index in [9.17, 15) is 9.59 Å². The van der Waals surface area contributed by atoms with Gasteiger partial charge in [0.15, 0.2) is 5.82 Å². The average molecular weight is 460 g/mol. The number of rotatable bonds is 5. The van der Waals surface area contributed by atoms with Crippen LogP contribution in [0.2, 0.25) is 0 Å². The fraction of sp³-hybridized carbons (Fsp3) is 0.250. The summed E-state index contributed by atoms with van der Waals surface area (Å²) >= 11 is 0. The van der Waals surface area contributed by atoms with Gasteiger partial charge in [0.2, 0.25) is 5.43 Å². The van der Waals surface area contributed by atoms with Crippen LogP contribution in [-0.2, 0) is 18.2 Å². The summed E-state index contributed by atoms with van der Waals surface area (Å²) in [6.45, 7) is 5.37. The number of benzene rings is 1. The van der Waals surface area contributed by atoms with E-state index in [1.807, 2.05) is 37.5 Å². The quantitative estimate of drug-likeness (QED) is 0.486. The molecule has 1 amide bonds. The molecule has 3 heterocycles. The third kappa shape index (κ3) is 5.71. The molecule has 1 aromatic carbocycles. The first-order chi connectivity index (χ1) is 16.2. The third-order valence-corrected chi connectivity index (χ3v) is 4.69. The Morgan fingerprint density at radius 3 is 2.56 bits per heavy atom. The van der Waals surface area contributed by atoms with Crippen LogP contribution in [0, 0.1) is 0 Å². The topological polar surface area (TPSA) is 117 Å². The number of aryl methyl sites for hydroxylation is 1. The molecule has 34 heavy (non-hydrogen) atoms. The van der Waals surface area contributed by atoms with Crippen molar-refractivity contribution in [3.63, 3.8) is 0 Å². The van der Waals surface area contributed by atoms with Gasteiger partial charge in [0.1, 0.15) is 17.0 Å². The first-order valence-electron chi connectivity index (χ1n) is 10.7. The standard InChI is InChI=1S/C24H25N7O3/c1-24(2,3)34-23(33)28-18-12-25-22(26-13-18)17-7-5-6-16(10-17)11-20-21(32)8-9-31(29-20)19-14-27-30(4)15-19/h5-10,12-15H,11H2,1-4H3,(H,28,33). The summed E-state index contributed by atoms with van der Waals surface area (Å²) in [7, 11) is 1.82. The van der Waals surface area contributed by atoms with Crippen LogP contribution >= 0.6 is 0 Å². The van der Waals surface area contributed by atoms with Gasteiger partial charge in [0.25, 0.3) is 0 Å². The second kappa shape index (κ2) is 9.26. The van der Waals surface area contributed by atoms with Gasteiger partial charge in [-0.05, 0) is 32.4 Å². The Morgan fingerprint density at radius 1 is 1.12 bits per heavy atom. The Balaban J connectivity index is 1.51. The van der Waals surface area contributed by atoms with Crippen LogP contribution in [0.5, 0.6) is 0 Å². The molecule has 0 radical (unpaired) electrons. The van der Waals surface area contributed by atoms with Crippen molar-refractivity contribution in [1.29, 1.82) is 0 Å². The Hall–Kier alpha value is -4.34. The molecule has 0 aliphatic heterocycles. The second-order valence-electron chi connectivity index (χ2n) is 8.74. The van der Waals surface area contributed by atoms with E-state index in [4.69, 9.17) is 4.74 Å². The molecule has 0 saturated carbocycles. The van der Waals surface area contributed by atoms with E-state index in [0.29, 0.717) is 23.6 Å². The number of hydrogen-bond acceptors (Lipinski definition) is 7.